The van der Waals surface area contributed by atoms with E-state index in [1.807, 2.05) is 0 Å². The van der Waals surface area contributed by atoms with E-state index in [1.54, 1.807) is 37.3 Å². The topological polar surface area (TPSA) is 96.8 Å². The van der Waals surface area contributed by atoms with Crippen LogP contribution in [0.5, 0.6) is 5.75 Å². The second kappa shape index (κ2) is 9.71. The Morgan fingerprint density at radius 3 is 2.41 bits per heavy atom. The monoisotopic (exact) mass is 540 g/mol. The molecular formula is C23H19Cl3N2O5S. The number of anilines is 1. The summed E-state index contributed by atoms with van der Waals surface area (Å²) in [6.45, 7) is 1.20. The molecule has 0 unspecified atom stereocenters. The zero-order chi connectivity index (χ0) is 24.6. The van der Waals surface area contributed by atoms with Crippen LogP contribution in [-0.2, 0) is 16.4 Å². The predicted molar refractivity (Wildman–Crippen MR) is 131 cm³/mol. The number of nitrogens with zero attached hydrogens (tertiary/aromatic N) is 2. The summed E-state index contributed by atoms with van der Waals surface area (Å²) in [5, 5.41) is 10.5. The van der Waals surface area contributed by atoms with Crippen LogP contribution in [-0.4, -0.2) is 43.0 Å². The van der Waals surface area contributed by atoms with Crippen molar-refractivity contribution in [3.63, 3.8) is 0 Å². The number of aromatic nitrogens is 1. The molecule has 11 heteroatoms. The Kier molecular flexibility index (Phi) is 7.07. The Labute approximate surface area is 211 Å². The number of rotatable bonds is 6. The number of pyridine rings is 1. The highest BCUT2D eigenvalue weighted by atomic mass is 35.5. The SMILES string of the molecule is C[C@H]1[C@H](CO)Oc2ccc(CC(=O)c3c(Cl)cccc3Cl)nc2N1S(=O)(=O)c1cccc(Cl)c1. The summed E-state index contributed by atoms with van der Waals surface area (Å²) in [5.74, 6) is -0.201. The fraction of sp³-hybridized carbons (Fsp3) is 0.217. The van der Waals surface area contributed by atoms with Gasteiger partial charge in [0.2, 0.25) is 0 Å². The number of aliphatic hydroxyl groups is 1. The zero-order valence-corrected chi connectivity index (χ0v) is 20.9. The molecule has 7 nitrogen and oxygen atoms in total. The average molecular weight is 542 g/mol. The Morgan fingerprint density at radius 2 is 1.76 bits per heavy atom. The molecular weight excluding hydrogens is 523 g/mol. The van der Waals surface area contributed by atoms with Crippen molar-refractivity contribution in [3.8, 4) is 5.75 Å². The van der Waals surface area contributed by atoms with Crippen LogP contribution in [0.3, 0.4) is 0 Å². The van der Waals surface area contributed by atoms with Crippen molar-refractivity contribution in [2.24, 2.45) is 0 Å². The molecule has 1 N–H and O–H groups in total. The van der Waals surface area contributed by atoms with Crippen molar-refractivity contribution in [1.82, 2.24) is 4.98 Å². The van der Waals surface area contributed by atoms with Gasteiger partial charge in [-0.15, -0.1) is 0 Å². The number of sulfonamides is 1. The van der Waals surface area contributed by atoms with E-state index in [9.17, 15) is 18.3 Å². The third-order valence-corrected chi connectivity index (χ3v) is 8.15. The van der Waals surface area contributed by atoms with Crippen LogP contribution in [0.25, 0.3) is 0 Å². The number of carbonyl (C=O) groups is 1. The van der Waals surface area contributed by atoms with Crippen LogP contribution in [0.2, 0.25) is 15.1 Å². The molecule has 2 atom stereocenters. The maximum absolute atomic E-state index is 13.6. The van der Waals surface area contributed by atoms with Gasteiger partial charge in [-0.3, -0.25) is 4.79 Å². The van der Waals surface area contributed by atoms with E-state index in [-0.39, 0.29) is 49.3 Å². The van der Waals surface area contributed by atoms with Crippen LogP contribution in [0.4, 0.5) is 5.82 Å². The van der Waals surface area contributed by atoms with E-state index < -0.39 is 28.8 Å². The predicted octanol–water partition coefficient (Wildman–Crippen LogP) is 4.80. The molecule has 2 aromatic carbocycles. The summed E-state index contributed by atoms with van der Waals surface area (Å²) < 4.78 is 34.1. The van der Waals surface area contributed by atoms with Gasteiger partial charge in [0.1, 0.15) is 6.10 Å². The van der Waals surface area contributed by atoms with Crippen LogP contribution in [0.1, 0.15) is 23.0 Å². The second-order valence-electron chi connectivity index (χ2n) is 7.66. The van der Waals surface area contributed by atoms with E-state index in [0.717, 1.165) is 4.31 Å². The largest absolute Gasteiger partial charge is 0.482 e. The molecule has 34 heavy (non-hydrogen) atoms. The molecule has 1 aliphatic rings. The number of halogens is 3. The first-order valence-electron chi connectivity index (χ1n) is 10.2. The summed E-state index contributed by atoms with van der Waals surface area (Å²) in [4.78, 5) is 17.3. The lowest BCUT2D eigenvalue weighted by Gasteiger charge is -2.39. The van der Waals surface area contributed by atoms with Crippen molar-refractivity contribution in [2.45, 2.75) is 30.4 Å². The number of carbonyl (C=O) groups excluding carboxylic acids is 1. The van der Waals surface area contributed by atoms with Crippen molar-refractivity contribution in [1.29, 1.82) is 0 Å². The second-order valence-corrected chi connectivity index (χ2v) is 10.7. The molecule has 0 aliphatic carbocycles. The number of benzene rings is 2. The highest BCUT2D eigenvalue weighted by Crippen LogP contribution is 2.39. The van der Waals surface area contributed by atoms with E-state index in [4.69, 9.17) is 39.5 Å². The molecule has 1 aliphatic heterocycles. The lowest BCUT2D eigenvalue weighted by atomic mass is 10.1. The summed E-state index contributed by atoms with van der Waals surface area (Å²) in [6.07, 6.45) is -0.989. The van der Waals surface area contributed by atoms with Gasteiger partial charge in [-0.1, -0.05) is 46.9 Å². The van der Waals surface area contributed by atoms with Crippen LogP contribution < -0.4 is 9.04 Å². The molecule has 178 valence electrons. The molecule has 3 aromatic rings. The fourth-order valence-electron chi connectivity index (χ4n) is 3.71. The van der Waals surface area contributed by atoms with Crippen molar-refractivity contribution in [3.05, 3.63) is 80.9 Å². The van der Waals surface area contributed by atoms with Crippen LogP contribution in [0.15, 0.2) is 59.5 Å². The molecule has 0 saturated carbocycles. The molecule has 0 bridgehead atoms. The Hall–Kier alpha value is -2.36. The van der Waals surface area contributed by atoms with E-state index >= 15 is 0 Å². The highest BCUT2D eigenvalue weighted by molar-refractivity contribution is 7.92. The Bertz CT molecular complexity index is 1350. The smallest absolute Gasteiger partial charge is 0.266 e. The first-order chi connectivity index (χ1) is 16.1. The summed E-state index contributed by atoms with van der Waals surface area (Å²) in [7, 11) is -4.13. The summed E-state index contributed by atoms with van der Waals surface area (Å²) in [5.41, 5.74) is 0.461. The third-order valence-electron chi connectivity index (χ3n) is 5.41. The molecule has 4 rings (SSSR count). The average Bonchev–Trinajstić information content (AvgIpc) is 2.78. The number of hydrogen-bond acceptors (Lipinski definition) is 6. The Balaban J connectivity index is 1.77. The first-order valence-corrected chi connectivity index (χ1v) is 12.8. The molecule has 1 aromatic heterocycles. The number of ether oxygens (including phenoxy) is 1. The lowest BCUT2D eigenvalue weighted by molar-refractivity contribution is 0.0915. The van der Waals surface area contributed by atoms with Crippen LogP contribution >= 0.6 is 34.8 Å². The number of Topliss-reactive ketones (excluding diaryl/α,β-unsaturated/α-hetero) is 1. The van der Waals surface area contributed by atoms with Gasteiger partial charge in [0.05, 0.1) is 45.3 Å². The minimum absolute atomic E-state index is 0.00716. The molecule has 2 heterocycles. The molecule has 0 saturated heterocycles. The van der Waals surface area contributed by atoms with E-state index in [0.29, 0.717) is 5.69 Å². The third kappa shape index (κ3) is 4.61. The minimum Gasteiger partial charge on any atom is -0.482 e. The maximum Gasteiger partial charge on any atom is 0.266 e. The quantitative estimate of drug-likeness (QED) is 0.450. The van der Waals surface area contributed by atoms with Gasteiger partial charge in [0.15, 0.2) is 17.4 Å². The standard InChI is InChI=1S/C23H19Cl3N2O5S/c1-13-21(12-29)33-20-9-8-15(11-19(30)22-17(25)6-3-7-18(22)26)27-23(20)28(13)34(31,32)16-5-2-4-14(24)10-16/h2-10,13,21,29H,11-12H2,1H3/t13-,21-/m0/s1. The lowest BCUT2D eigenvalue weighted by Crippen LogP contribution is -2.52. The summed E-state index contributed by atoms with van der Waals surface area (Å²) >= 11 is 18.3. The van der Waals surface area contributed by atoms with Gasteiger partial charge in [0, 0.05) is 5.02 Å². The Morgan fingerprint density at radius 1 is 1.09 bits per heavy atom. The molecule has 0 fully saturated rings. The molecule has 0 radical (unpaired) electrons. The van der Waals surface area contributed by atoms with Crippen molar-refractivity contribution < 1.29 is 23.1 Å². The van der Waals surface area contributed by atoms with Gasteiger partial charge >= 0.3 is 0 Å². The van der Waals surface area contributed by atoms with E-state index in [1.165, 1.54) is 24.3 Å². The number of ketones is 1. The van der Waals surface area contributed by atoms with Gasteiger partial charge in [-0.05, 0) is 49.4 Å². The van der Waals surface area contributed by atoms with Crippen molar-refractivity contribution >= 4 is 56.4 Å². The van der Waals surface area contributed by atoms with Gasteiger partial charge in [-0.25, -0.2) is 17.7 Å². The number of fused-ring (bicyclic) bond motifs is 1. The first kappa shape index (κ1) is 24.8. The summed E-state index contributed by atoms with van der Waals surface area (Å²) in [6, 6.07) is 12.9. The van der Waals surface area contributed by atoms with Gasteiger partial charge < -0.3 is 9.84 Å². The minimum atomic E-state index is -4.13. The number of hydrogen-bond donors (Lipinski definition) is 1. The molecule has 0 spiro atoms. The van der Waals surface area contributed by atoms with Crippen LogP contribution in [0, 0.1) is 0 Å². The number of aliphatic hydroxyl groups excluding tert-OH is 1. The van der Waals surface area contributed by atoms with Gasteiger partial charge in [-0.2, -0.15) is 0 Å². The van der Waals surface area contributed by atoms with Gasteiger partial charge in [0.25, 0.3) is 10.0 Å². The fourth-order valence-corrected chi connectivity index (χ4v) is 6.26. The normalized spacial score (nSPS) is 17.7. The maximum atomic E-state index is 13.6. The van der Waals surface area contributed by atoms with Crippen molar-refractivity contribution in [2.75, 3.05) is 10.9 Å². The van der Waals surface area contributed by atoms with E-state index in [2.05, 4.69) is 4.98 Å². The zero-order valence-electron chi connectivity index (χ0n) is 17.8. The highest BCUT2D eigenvalue weighted by Gasteiger charge is 2.41. The molecule has 0 amide bonds.